The van der Waals surface area contributed by atoms with Gasteiger partial charge in [-0.3, -0.25) is 9.48 Å². The Kier molecular flexibility index (Phi) is 6.17. The third kappa shape index (κ3) is 4.82. The standard InChI is InChI=1S/C17H23N3O3/c1-19-10-9-15(18-19)7-8-17(22)20(11-12-21)13-14-5-3-4-6-16(14)23-2/h3-6,9-10,21H,7-8,11-13H2,1-2H3. The van der Waals surface area contributed by atoms with Crippen LogP contribution >= 0.6 is 0 Å². The van der Waals surface area contributed by atoms with Gasteiger partial charge in [0.05, 0.1) is 19.4 Å². The minimum Gasteiger partial charge on any atom is -0.496 e. The van der Waals surface area contributed by atoms with Gasteiger partial charge in [0.2, 0.25) is 5.91 Å². The van der Waals surface area contributed by atoms with Gasteiger partial charge in [0.25, 0.3) is 0 Å². The third-order valence-corrected chi connectivity index (χ3v) is 3.64. The Morgan fingerprint density at radius 2 is 2.13 bits per heavy atom. The van der Waals surface area contributed by atoms with Crippen molar-refractivity contribution < 1.29 is 14.6 Å². The second-order valence-corrected chi connectivity index (χ2v) is 5.33. The SMILES string of the molecule is COc1ccccc1CN(CCO)C(=O)CCc1ccn(C)n1. The average Bonchev–Trinajstić information content (AvgIpc) is 2.98. The molecule has 0 saturated carbocycles. The summed E-state index contributed by atoms with van der Waals surface area (Å²) in [7, 11) is 3.46. The van der Waals surface area contributed by atoms with Crippen molar-refractivity contribution >= 4 is 5.91 Å². The van der Waals surface area contributed by atoms with Gasteiger partial charge in [-0.25, -0.2) is 0 Å². The van der Waals surface area contributed by atoms with Crippen molar-refractivity contribution in [1.82, 2.24) is 14.7 Å². The average molecular weight is 317 g/mol. The normalized spacial score (nSPS) is 10.6. The van der Waals surface area contributed by atoms with Crippen LogP contribution in [-0.4, -0.2) is 46.0 Å². The molecule has 2 aromatic rings. The highest BCUT2D eigenvalue weighted by Crippen LogP contribution is 2.19. The van der Waals surface area contributed by atoms with Crippen LogP contribution in [0.25, 0.3) is 0 Å². The van der Waals surface area contributed by atoms with Crippen LogP contribution in [0.5, 0.6) is 5.75 Å². The zero-order valence-corrected chi connectivity index (χ0v) is 13.6. The lowest BCUT2D eigenvalue weighted by Gasteiger charge is -2.23. The summed E-state index contributed by atoms with van der Waals surface area (Å²) in [5, 5.41) is 13.5. The number of hydrogen-bond donors (Lipinski definition) is 1. The molecule has 1 N–H and O–H groups in total. The number of aromatic nitrogens is 2. The molecule has 6 heteroatoms. The van der Waals surface area contributed by atoms with E-state index in [0.29, 0.717) is 25.9 Å². The van der Waals surface area contributed by atoms with E-state index >= 15 is 0 Å². The van der Waals surface area contributed by atoms with E-state index in [1.165, 1.54) is 0 Å². The number of hydrogen-bond acceptors (Lipinski definition) is 4. The number of aliphatic hydroxyl groups excluding tert-OH is 1. The van der Waals surface area contributed by atoms with Crippen LogP contribution in [0, 0.1) is 0 Å². The lowest BCUT2D eigenvalue weighted by Crippen LogP contribution is -2.33. The first-order valence-corrected chi connectivity index (χ1v) is 7.63. The van der Waals surface area contributed by atoms with Gasteiger partial charge >= 0.3 is 0 Å². The Morgan fingerprint density at radius 1 is 1.35 bits per heavy atom. The number of rotatable bonds is 8. The molecule has 0 saturated heterocycles. The van der Waals surface area contributed by atoms with Gasteiger partial charge in [0, 0.05) is 44.7 Å². The highest BCUT2D eigenvalue weighted by Gasteiger charge is 2.16. The van der Waals surface area contributed by atoms with E-state index in [1.54, 1.807) is 16.7 Å². The van der Waals surface area contributed by atoms with Crippen LogP contribution in [0.2, 0.25) is 0 Å². The molecule has 0 atom stereocenters. The molecule has 0 fully saturated rings. The number of carbonyl (C=O) groups is 1. The highest BCUT2D eigenvalue weighted by atomic mass is 16.5. The summed E-state index contributed by atoms with van der Waals surface area (Å²) in [4.78, 5) is 14.1. The highest BCUT2D eigenvalue weighted by molar-refractivity contribution is 5.76. The Balaban J connectivity index is 2.00. The molecule has 0 bridgehead atoms. The molecule has 1 amide bonds. The fourth-order valence-corrected chi connectivity index (χ4v) is 2.44. The van der Waals surface area contributed by atoms with Gasteiger partial charge < -0.3 is 14.7 Å². The first-order chi connectivity index (χ1) is 11.1. The zero-order valence-electron chi connectivity index (χ0n) is 13.6. The molecule has 1 heterocycles. The number of aryl methyl sites for hydroxylation is 2. The third-order valence-electron chi connectivity index (χ3n) is 3.64. The Morgan fingerprint density at radius 3 is 2.78 bits per heavy atom. The topological polar surface area (TPSA) is 67.6 Å². The number of carbonyl (C=O) groups excluding carboxylic acids is 1. The minimum absolute atomic E-state index is 0.00407. The molecule has 1 aromatic heterocycles. The summed E-state index contributed by atoms with van der Waals surface area (Å²) in [6, 6.07) is 9.50. The Bertz CT molecular complexity index is 640. The molecule has 6 nitrogen and oxygen atoms in total. The van der Waals surface area contributed by atoms with E-state index in [2.05, 4.69) is 5.10 Å². The fourth-order valence-electron chi connectivity index (χ4n) is 2.44. The maximum Gasteiger partial charge on any atom is 0.223 e. The molecule has 23 heavy (non-hydrogen) atoms. The summed E-state index contributed by atoms with van der Waals surface area (Å²) >= 11 is 0. The fraction of sp³-hybridized carbons (Fsp3) is 0.412. The summed E-state index contributed by atoms with van der Waals surface area (Å²) in [6.45, 7) is 0.662. The predicted octanol–water partition coefficient (Wildman–Crippen LogP) is 1.38. The summed E-state index contributed by atoms with van der Waals surface area (Å²) in [6.07, 6.45) is 2.82. The molecule has 1 aromatic carbocycles. The van der Waals surface area contributed by atoms with Gasteiger partial charge in [-0.05, 0) is 12.1 Å². The maximum absolute atomic E-state index is 12.5. The van der Waals surface area contributed by atoms with Crippen molar-refractivity contribution in [1.29, 1.82) is 0 Å². The van der Waals surface area contributed by atoms with Crippen LogP contribution in [0.4, 0.5) is 0 Å². The first-order valence-electron chi connectivity index (χ1n) is 7.63. The van der Waals surface area contributed by atoms with Gasteiger partial charge in [-0.1, -0.05) is 18.2 Å². The van der Waals surface area contributed by atoms with Crippen molar-refractivity contribution in [2.45, 2.75) is 19.4 Å². The molecule has 2 rings (SSSR count). The van der Waals surface area contributed by atoms with E-state index in [-0.39, 0.29) is 12.5 Å². The number of aliphatic hydroxyl groups is 1. The Labute approximate surface area is 136 Å². The van der Waals surface area contributed by atoms with Crippen molar-refractivity contribution in [3.63, 3.8) is 0 Å². The van der Waals surface area contributed by atoms with E-state index < -0.39 is 0 Å². The number of nitrogens with zero attached hydrogens (tertiary/aromatic N) is 3. The lowest BCUT2D eigenvalue weighted by atomic mass is 10.1. The quantitative estimate of drug-likeness (QED) is 0.799. The van der Waals surface area contributed by atoms with Crippen LogP contribution in [0.1, 0.15) is 17.7 Å². The zero-order chi connectivity index (χ0) is 16.7. The molecule has 0 aliphatic heterocycles. The Hall–Kier alpha value is -2.34. The number of ether oxygens (including phenoxy) is 1. The summed E-state index contributed by atoms with van der Waals surface area (Å²) in [5.74, 6) is 0.739. The van der Waals surface area contributed by atoms with Crippen molar-refractivity contribution in [3.8, 4) is 5.75 Å². The molecule has 0 radical (unpaired) electrons. The van der Waals surface area contributed by atoms with Crippen molar-refractivity contribution in [2.24, 2.45) is 7.05 Å². The number of methoxy groups -OCH3 is 1. The molecule has 0 spiro atoms. The lowest BCUT2D eigenvalue weighted by molar-refractivity contribution is -0.132. The van der Waals surface area contributed by atoms with Gasteiger partial charge in [0.15, 0.2) is 0 Å². The van der Waals surface area contributed by atoms with Gasteiger partial charge in [-0.2, -0.15) is 5.10 Å². The number of para-hydroxylation sites is 1. The van der Waals surface area contributed by atoms with Crippen LogP contribution in [-0.2, 0) is 24.8 Å². The monoisotopic (exact) mass is 317 g/mol. The van der Waals surface area contributed by atoms with Crippen molar-refractivity contribution in [2.75, 3.05) is 20.3 Å². The molecular weight excluding hydrogens is 294 g/mol. The summed E-state index contributed by atoms with van der Waals surface area (Å²) in [5.41, 5.74) is 1.82. The number of benzene rings is 1. The summed E-state index contributed by atoms with van der Waals surface area (Å²) < 4.78 is 7.05. The van der Waals surface area contributed by atoms with Crippen LogP contribution in [0.15, 0.2) is 36.5 Å². The maximum atomic E-state index is 12.5. The largest absolute Gasteiger partial charge is 0.496 e. The van der Waals surface area contributed by atoms with E-state index in [4.69, 9.17) is 4.74 Å². The van der Waals surface area contributed by atoms with E-state index in [0.717, 1.165) is 17.0 Å². The van der Waals surface area contributed by atoms with Crippen molar-refractivity contribution in [3.05, 3.63) is 47.8 Å². The molecule has 0 unspecified atom stereocenters. The smallest absolute Gasteiger partial charge is 0.223 e. The molecular formula is C17H23N3O3. The van der Waals surface area contributed by atoms with Crippen LogP contribution in [0.3, 0.4) is 0 Å². The second kappa shape index (κ2) is 8.33. The molecule has 124 valence electrons. The second-order valence-electron chi connectivity index (χ2n) is 5.33. The van der Waals surface area contributed by atoms with E-state index in [1.807, 2.05) is 43.6 Å². The molecule has 0 aliphatic carbocycles. The van der Waals surface area contributed by atoms with E-state index in [9.17, 15) is 9.90 Å². The van der Waals surface area contributed by atoms with Gasteiger partial charge in [-0.15, -0.1) is 0 Å². The number of amides is 1. The van der Waals surface area contributed by atoms with Crippen LogP contribution < -0.4 is 4.74 Å². The first kappa shape index (κ1) is 17.0. The predicted molar refractivity (Wildman–Crippen MR) is 87.0 cm³/mol. The van der Waals surface area contributed by atoms with Gasteiger partial charge in [0.1, 0.15) is 5.75 Å². The molecule has 0 aliphatic rings. The minimum atomic E-state index is -0.0650.